The Morgan fingerprint density at radius 2 is 2.00 bits per heavy atom. The van der Waals surface area contributed by atoms with Crippen LogP contribution in [0, 0.1) is 6.92 Å². The molecule has 0 spiro atoms. The number of carbonyl (C=O) groups is 2. The molecule has 0 unspecified atom stereocenters. The molecule has 0 aliphatic carbocycles. The van der Waals surface area contributed by atoms with E-state index in [1.807, 2.05) is 0 Å². The van der Waals surface area contributed by atoms with E-state index in [1.165, 1.54) is 23.4 Å². The summed E-state index contributed by atoms with van der Waals surface area (Å²) >= 11 is 0. The van der Waals surface area contributed by atoms with Crippen LogP contribution < -0.4 is 9.64 Å². The first-order valence-electron chi connectivity index (χ1n) is 10.8. The lowest BCUT2D eigenvalue weighted by molar-refractivity contribution is -0.138. The molecule has 5 rings (SSSR count). The van der Waals surface area contributed by atoms with Gasteiger partial charge >= 0.3 is 12.1 Å². The molecule has 0 saturated carbocycles. The zero-order valence-electron chi connectivity index (χ0n) is 18.8. The second-order valence-corrected chi connectivity index (χ2v) is 8.20. The summed E-state index contributed by atoms with van der Waals surface area (Å²) in [7, 11) is 0. The molecule has 0 saturated heterocycles. The fourth-order valence-electron chi connectivity index (χ4n) is 4.03. The predicted molar refractivity (Wildman–Crippen MR) is 122 cm³/mol. The van der Waals surface area contributed by atoms with Crippen LogP contribution in [0.4, 0.5) is 18.9 Å². The zero-order chi connectivity index (χ0) is 25.6. The van der Waals surface area contributed by atoms with E-state index in [0.29, 0.717) is 22.6 Å². The summed E-state index contributed by atoms with van der Waals surface area (Å²) in [6, 6.07) is 8.52. The van der Waals surface area contributed by atoms with E-state index in [0.717, 1.165) is 22.4 Å². The maximum atomic E-state index is 13.2. The first-order valence-corrected chi connectivity index (χ1v) is 10.8. The van der Waals surface area contributed by atoms with Crippen LogP contribution in [0.15, 0.2) is 48.8 Å². The van der Waals surface area contributed by atoms with Gasteiger partial charge in [0.1, 0.15) is 13.2 Å². The summed E-state index contributed by atoms with van der Waals surface area (Å²) in [4.78, 5) is 34.3. The van der Waals surface area contributed by atoms with Crippen molar-refractivity contribution < 1.29 is 32.6 Å². The zero-order valence-corrected chi connectivity index (χ0v) is 18.8. The van der Waals surface area contributed by atoms with Gasteiger partial charge in [0.05, 0.1) is 23.8 Å². The van der Waals surface area contributed by atoms with E-state index in [9.17, 15) is 22.8 Å². The van der Waals surface area contributed by atoms with Crippen molar-refractivity contribution in [3.63, 3.8) is 0 Å². The Hall–Kier alpha value is -4.48. The van der Waals surface area contributed by atoms with E-state index in [2.05, 4.69) is 15.1 Å². The summed E-state index contributed by atoms with van der Waals surface area (Å²) in [5.41, 5.74) is 1.58. The number of carbonyl (C=O) groups excluding carboxylic acids is 1. The number of benzene rings is 2. The smallest absolute Gasteiger partial charge is 0.416 e. The maximum absolute atomic E-state index is 13.2. The third kappa shape index (κ3) is 4.32. The number of carboxylic acids is 1. The fourth-order valence-corrected chi connectivity index (χ4v) is 4.03. The molecule has 1 amide bonds. The molecule has 0 bridgehead atoms. The molecular formula is C24H18F3N5O4. The number of aliphatic carboxylic acids is 1. The Balaban J connectivity index is 1.44. The molecule has 12 heteroatoms. The van der Waals surface area contributed by atoms with Gasteiger partial charge in [0.15, 0.2) is 17.3 Å². The number of anilines is 1. The van der Waals surface area contributed by atoms with Gasteiger partial charge in [0, 0.05) is 22.8 Å². The van der Waals surface area contributed by atoms with Crippen molar-refractivity contribution >= 4 is 28.5 Å². The Bertz CT molecular complexity index is 1520. The molecule has 1 aliphatic heterocycles. The van der Waals surface area contributed by atoms with Gasteiger partial charge in [-0.25, -0.2) is 9.97 Å². The number of carboxylic acid groups (broad SMARTS) is 1. The van der Waals surface area contributed by atoms with Crippen molar-refractivity contribution in [3.8, 4) is 17.1 Å². The predicted octanol–water partition coefficient (Wildman–Crippen LogP) is 3.94. The van der Waals surface area contributed by atoms with Crippen LogP contribution in [0.5, 0.6) is 5.75 Å². The number of amides is 1. The molecule has 9 nitrogen and oxygen atoms in total. The lowest BCUT2D eigenvalue weighted by atomic mass is 10.1. The van der Waals surface area contributed by atoms with E-state index in [-0.39, 0.29) is 30.0 Å². The van der Waals surface area contributed by atoms with Crippen molar-refractivity contribution in [3.05, 3.63) is 65.6 Å². The van der Waals surface area contributed by atoms with E-state index < -0.39 is 30.2 Å². The van der Waals surface area contributed by atoms with Crippen molar-refractivity contribution in [2.75, 3.05) is 18.1 Å². The minimum Gasteiger partial charge on any atom is -0.488 e. The van der Waals surface area contributed by atoms with Gasteiger partial charge in [0.25, 0.3) is 5.91 Å². The first-order chi connectivity index (χ1) is 17.1. The SMILES string of the molecule is Cc1cc(-c2ncc3cc(C(F)(F)F)ccc3n2)ccc1N1CCOc2cn(CC(=O)O)nc2C1=O. The normalized spacial score (nSPS) is 13.9. The van der Waals surface area contributed by atoms with E-state index >= 15 is 0 Å². The van der Waals surface area contributed by atoms with Crippen LogP contribution >= 0.6 is 0 Å². The van der Waals surface area contributed by atoms with Crippen molar-refractivity contribution in [2.24, 2.45) is 0 Å². The highest BCUT2D eigenvalue weighted by Crippen LogP contribution is 2.33. The Labute approximate surface area is 201 Å². The number of halogens is 3. The molecule has 36 heavy (non-hydrogen) atoms. The quantitative estimate of drug-likeness (QED) is 0.455. The number of aryl methyl sites for hydroxylation is 1. The second-order valence-electron chi connectivity index (χ2n) is 8.20. The minimum absolute atomic E-state index is 0.0216. The summed E-state index contributed by atoms with van der Waals surface area (Å²) in [5.74, 6) is -0.974. The standard InChI is InChI=1S/C24H18F3N5O4/c1-13-8-14(22-28-10-15-9-16(24(25,26)27)3-4-17(15)29-22)2-5-18(13)32-6-7-36-19-11-31(12-20(33)34)30-21(19)23(32)35/h2-5,8-11H,6-7,12H2,1H3,(H,33,34). The number of nitrogens with zero attached hydrogens (tertiary/aromatic N) is 5. The summed E-state index contributed by atoms with van der Waals surface area (Å²) < 4.78 is 45.7. The van der Waals surface area contributed by atoms with Crippen molar-refractivity contribution in [2.45, 2.75) is 19.6 Å². The Morgan fingerprint density at radius 3 is 2.72 bits per heavy atom. The van der Waals surface area contributed by atoms with Crippen LogP contribution in [0.25, 0.3) is 22.3 Å². The lowest BCUT2D eigenvalue weighted by Gasteiger charge is -2.22. The first kappa shape index (κ1) is 23.3. The molecule has 0 atom stereocenters. The maximum Gasteiger partial charge on any atom is 0.416 e. The van der Waals surface area contributed by atoms with Gasteiger partial charge in [-0.2, -0.15) is 18.3 Å². The van der Waals surface area contributed by atoms with Gasteiger partial charge < -0.3 is 14.7 Å². The van der Waals surface area contributed by atoms with E-state index in [1.54, 1.807) is 25.1 Å². The summed E-state index contributed by atoms with van der Waals surface area (Å²) in [5, 5.41) is 13.3. The molecule has 1 aliphatic rings. The summed E-state index contributed by atoms with van der Waals surface area (Å²) in [6.07, 6.45) is -1.72. The molecule has 2 aromatic heterocycles. The van der Waals surface area contributed by atoms with Crippen LogP contribution in [0.1, 0.15) is 21.6 Å². The number of aromatic nitrogens is 4. The highest BCUT2D eigenvalue weighted by Gasteiger charge is 2.31. The fraction of sp³-hybridized carbons (Fsp3) is 0.208. The number of rotatable bonds is 4. The monoisotopic (exact) mass is 497 g/mol. The lowest BCUT2D eigenvalue weighted by Crippen LogP contribution is -2.33. The molecular weight excluding hydrogens is 479 g/mol. The van der Waals surface area contributed by atoms with Gasteiger partial charge in [-0.05, 0) is 48.9 Å². The molecule has 184 valence electrons. The van der Waals surface area contributed by atoms with Gasteiger partial charge in [0.2, 0.25) is 0 Å². The number of ether oxygens (including phenoxy) is 1. The van der Waals surface area contributed by atoms with Crippen LogP contribution in [-0.2, 0) is 17.5 Å². The Morgan fingerprint density at radius 1 is 1.19 bits per heavy atom. The van der Waals surface area contributed by atoms with Crippen LogP contribution in [0.3, 0.4) is 0 Å². The third-order valence-corrected chi connectivity index (χ3v) is 5.70. The molecule has 0 fully saturated rings. The number of hydrogen-bond donors (Lipinski definition) is 1. The van der Waals surface area contributed by atoms with Crippen molar-refractivity contribution in [1.82, 2.24) is 19.7 Å². The Kier molecular flexibility index (Phi) is 5.58. The van der Waals surface area contributed by atoms with Crippen LogP contribution in [-0.4, -0.2) is 49.9 Å². The van der Waals surface area contributed by atoms with Crippen molar-refractivity contribution in [1.29, 1.82) is 0 Å². The highest BCUT2D eigenvalue weighted by atomic mass is 19.4. The molecule has 2 aromatic carbocycles. The van der Waals surface area contributed by atoms with Gasteiger partial charge in [-0.1, -0.05) is 0 Å². The highest BCUT2D eigenvalue weighted by molar-refractivity contribution is 6.07. The van der Waals surface area contributed by atoms with Gasteiger partial charge in [-0.15, -0.1) is 0 Å². The number of hydrogen-bond acceptors (Lipinski definition) is 6. The summed E-state index contributed by atoms with van der Waals surface area (Å²) in [6.45, 7) is 1.84. The third-order valence-electron chi connectivity index (χ3n) is 5.70. The van der Waals surface area contributed by atoms with Gasteiger partial charge in [-0.3, -0.25) is 14.3 Å². The minimum atomic E-state index is -4.45. The number of fused-ring (bicyclic) bond motifs is 2. The molecule has 0 radical (unpaired) electrons. The second kappa shape index (κ2) is 8.63. The molecule has 4 aromatic rings. The largest absolute Gasteiger partial charge is 0.488 e. The topological polar surface area (TPSA) is 110 Å². The molecule has 1 N–H and O–H groups in total. The van der Waals surface area contributed by atoms with E-state index in [4.69, 9.17) is 9.84 Å². The average molecular weight is 497 g/mol. The van der Waals surface area contributed by atoms with Crippen LogP contribution in [0.2, 0.25) is 0 Å². The molecule has 3 heterocycles. The number of alkyl halides is 3. The average Bonchev–Trinajstić information content (AvgIpc) is 3.15.